The van der Waals surface area contributed by atoms with Gasteiger partial charge in [-0.3, -0.25) is 4.90 Å². The van der Waals surface area contributed by atoms with Crippen LogP contribution in [0.2, 0.25) is 0 Å². The maximum Gasteiger partial charge on any atom is 0.0632 e. The van der Waals surface area contributed by atoms with Crippen molar-refractivity contribution < 1.29 is 4.74 Å². The quantitative estimate of drug-likeness (QED) is 0.727. The Kier molecular flexibility index (Phi) is 3.79. The summed E-state index contributed by atoms with van der Waals surface area (Å²) < 4.78 is 5.47. The van der Waals surface area contributed by atoms with Crippen LogP contribution in [0.15, 0.2) is 0 Å². The standard InChI is InChI=1S/C11H22N2O/c1-2-11-4-3-6-13(11)8-10-9-14-7-5-12-10/h10-12H,2-9H2,1H3. The molecule has 0 aromatic rings. The lowest BCUT2D eigenvalue weighted by Gasteiger charge is -2.31. The molecule has 2 fully saturated rings. The molecule has 0 aromatic heterocycles. The van der Waals surface area contributed by atoms with Crippen molar-refractivity contribution in [2.45, 2.75) is 38.3 Å². The van der Waals surface area contributed by atoms with Crippen LogP contribution in [-0.4, -0.2) is 49.8 Å². The lowest BCUT2D eigenvalue weighted by molar-refractivity contribution is 0.0597. The monoisotopic (exact) mass is 198 g/mol. The highest BCUT2D eigenvalue weighted by Crippen LogP contribution is 2.19. The number of ether oxygens (including phenoxy) is 1. The molecule has 3 nitrogen and oxygen atoms in total. The molecule has 82 valence electrons. The normalized spacial score (nSPS) is 34.9. The first kappa shape index (κ1) is 10.4. The van der Waals surface area contributed by atoms with Crippen molar-refractivity contribution in [3.63, 3.8) is 0 Å². The van der Waals surface area contributed by atoms with Gasteiger partial charge in [-0.1, -0.05) is 6.92 Å². The van der Waals surface area contributed by atoms with Crippen LogP contribution >= 0.6 is 0 Å². The van der Waals surface area contributed by atoms with Crippen LogP contribution in [0.4, 0.5) is 0 Å². The summed E-state index contributed by atoms with van der Waals surface area (Å²) in [5.74, 6) is 0. The number of likely N-dealkylation sites (tertiary alicyclic amines) is 1. The Morgan fingerprint density at radius 3 is 3.14 bits per heavy atom. The first-order valence-corrected chi connectivity index (χ1v) is 5.95. The summed E-state index contributed by atoms with van der Waals surface area (Å²) in [6.45, 7) is 7.57. The summed E-state index contributed by atoms with van der Waals surface area (Å²) in [6.07, 6.45) is 4.07. The molecule has 0 radical (unpaired) electrons. The van der Waals surface area contributed by atoms with Crippen LogP contribution in [0.25, 0.3) is 0 Å². The molecule has 2 aliphatic heterocycles. The van der Waals surface area contributed by atoms with Gasteiger partial charge in [0.1, 0.15) is 0 Å². The Labute approximate surface area is 86.8 Å². The van der Waals surface area contributed by atoms with E-state index < -0.39 is 0 Å². The van der Waals surface area contributed by atoms with Crippen molar-refractivity contribution in [1.29, 1.82) is 0 Å². The van der Waals surface area contributed by atoms with E-state index in [0.29, 0.717) is 6.04 Å². The molecule has 14 heavy (non-hydrogen) atoms. The highest BCUT2D eigenvalue weighted by atomic mass is 16.5. The zero-order valence-electron chi connectivity index (χ0n) is 9.17. The van der Waals surface area contributed by atoms with Gasteiger partial charge in [-0.15, -0.1) is 0 Å². The van der Waals surface area contributed by atoms with Crippen molar-refractivity contribution in [3.8, 4) is 0 Å². The van der Waals surface area contributed by atoms with Gasteiger partial charge in [-0.25, -0.2) is 0 Å². The molecule has 0 saturated carbocycles. The van der Waals surface area contributed by atoms with Gasteiger partial charge in [0.15, 0.2) is 0 Å². The summed E-state index contributed by atoms with van der Waals surface area (Å²) in [5, 5.41) is 3.52. The fourth-order valence-corrected chi connectivity index (χ4v) is 2.62. The molecular formula is C11H22N2O. The van der Waals surface area contributed by atoms with E-state index in [4.69, 9.17) is 4.74 Å². The average Bonchev–Trinajstić information content (AvgIpc) is 2.67. The van der Waals surface area contributed by atoms with Gasteiger partial charge in [0.2, 0.25) is 0 Å². The SMILES string of the molecule is CCC1CCCN1CC1COCCN1. The molecule has 0 spiro atoms. The second-order valence-electron chi connectivity index (χ2n) is 4.43. The third-order valence-electron chi connectivity index (χ3n) is 3.42. The van der Waals surface area contributed by atoms with Gasteiger partial charge in [-0.2, -0.15) is 0 Å². The molecule has 0 bridgehead atoms. The van der Waals surface area contributed by atoms with E-state index in [2.05, 4.69) is 17.1 Å². The molecule has 2 rings (SSSR count). The number of hydrogen-bond donors (Lipinski definition) is 1. The van der Waals surface area contributed by atoms with Gasteiger partial charge in [0, 0.05) is 25.2 Å². The van der Waals surface area contributed by atoms with Crippen molar-refractivity contribution in [2.75, 3.05) is 32.8 Å². The minimum Gasteiger partial charge on any atom is -0.378 e. The number of hydrogen-bond acceptors (Lipinski definition) is 3. The van der Waals surface area contributed by atoms with E-state index in [-0.39, 0.29) is 0 Å². The van der Waals surface area contributed by atoms with Gasteiger partial charge in [-0.05, 0) is 25.8 Å². The largest absolute Gasteiger partial charge is 0.378 e. The third kappa shape index (κ3) is 2.47. The fourth-order valence-electron chi connectivity index (χ4n) is 2.62. The van der Waals surface area contributed by atoms with Crippen LogP contribution in [0.3, 0.4) is 0 Å². The minimum absolute atomic E-state index is 0.566. The number of morpholine rings is 1. The Bertz CT molecular complexity index is 169. The maximum absolute atomic E-state index is 5.47. The predicted octanol–water partition coefficient (Wildman–Crippen LogP) is 0.849. The minimum atomic E-state index is 0.566. The summed E-state index contributed by atoms with van der Waals surface area (Å²) in [7, 11) is 0. The predicted molar refractivity (Wildman–Crippen MR) is 57.5 cm³/mol. The molecule has 2 heterocycles. The van der Waals surface area contributed by atoms with E-state index in [0.717, 1.165) is 25.8 Å². The van der Waals surface area contributed by atoms with E-state index in [1.807, 2.05) is 0 Å². The van der Waals surface area contributed by atoms with Gasteiger partial charge >= 0.3 is 0 Å². The van der Waals surface area contributed by atoms with E-state index in [1.165, 1.54) is 32.4 Å². The van der Waals surface area contributed by atoms with Crippen molar-refractivity contribution in [3.05, 3.63) is 0 Å². The summed E-state index contributed by atoms with van der Waals surface area (Å²) in [4.78, 5) is 2.63. The Morgan fingerprint density at radius 1 is 1.50 bits per heavy atom. The number of rotatable bonds is 3. The van der Waals surface area contributed by atoms with Crippen molar-refractivity contribution in [1.82, 2.24) is 10.2 Å². The smallest absolute Gasteiger partial charge is 0.0632 e. The molecule has 1 N–H and O–H groups in total. The molecular weight excluding hydrogens is 176 g/mol. The van der Waals surface area contributed by atoms with Crippen LogP contribution in [0, 0.1) is 0 Å². The van der Waals surface area contributed by atoms with E-state index >= 15 is 0 Å². The highest BCUT2D eigenvalue weighted by molar-refractivity contribution is 4.83. The lowest BCUT2D eigenvalue weighted by Crippen LogP contribution is -2.49. The maximum atomic E-state index is 5.47. The van der Waals surface area contributed by atoms with Crippen LogP contribution < -0.4 is 5.32 Å². The van der Waals surface area contributed by atoms with Crippen molar-refractivity contribution >= 4 is 0 Å². The molecule has 0 amide bonds. The zero-order chi connectivity index (χ0) is 9.80. The zero-order valence-corrected chi connectivity index (χ0v) is 9.17. The first-order valence-electron chi connectivity index (χ1n) is 5.95. The number of nitrogens with one attached hydrogen (secondary N) is 1. The second-order valence-corrected chi connectivity index (χ2v) is 4.43. The average molecular weight is 198 g/mol. The van der Waals surface area contributed by atoms with E-state index in [9.17, 15) is 0 Å². The van der Waals surface area contributed by atoms with Crippen LogP contribution in [0.5, 0.6) is 0 Å². The van der Waals surface area contributed by atoms with Crippen molar-refractivity contribution in [2.24, 2.45) is 0 Å². The summed E-state index contributed by atoms with van der Waals surface area (Å²) in [5.41, 5.74) is 0. The Morgan fingerprint density at radius 2 is 2.43 bits per heavy atom. The molecule has 2 unspecified atom stereocenters. The molecule has 2 saturated heterocycles. The fraction of sp³-hybridized carbons (Fsp3) is 1.00. The Hall–Kier alpha value is -0.120. The first-order chi connectivity index (χ1) is 6.90. The summed E-state index contributed by atoms with van der Waals surface area (Å²) >= 11 is 0. The molecule has 0 aromatic carbocycles. The Balaban J connectivity index is 1.77. The van der Waals surface area contributed by atoms with Gasteiger partial charge in [0.25, 0.3) is 0 Å². The molecule has 2 atom stereocenters. The number of nitrogens with zero attached hydrogens (tertiary/aromatic N) is 1. The molecule has 0 aliphatic carbocycles. The van der Waals surface area contributed by atoms with E-state index in [1.54, 1.807) is 0 Å². The third-order valence-corrected chi connectivity index (χ3v) is 3.42. The van der Waals surface area contributed by atoms with Crippen LogP contribution in [0.1, 0.15) is 26.2 Å². The topological polar surface area (TPSA) is 24.5 Å². The lowest BCUT2D eigenvalue weighted by atomic mass is 10.1. The van der Waals surface area contributed by atoms with Gasteiger partial charge < -0.3 is 10.1 Å². The second kappa shape index (κ2) is 5.10. The highest BCUT2D eigenvalue weighted by Gasteiger charge is 2.25. The molecule has 3 heteroatoms. The molecule has 2 aliphatic rings. The summed E-state index contributed by atoms with van der Waals surface area (Å²) in [6, 6.07) is 1.40. The van der Waals surface area contributed by atoms with Gasteiger partial charge in [0.05, 0.1) is 13.2 Å². The van der Waals surface area contributed by atoms with Crippen LogP contribution in [-0.2, 0) is 4.74 Å².